The molecule has 0 atom stereocenters. The largest absolute Gasteiger partial charge is 0.351 e. The molecule has 4 N–H and O–H groups in total. The molecule has 0 fully saturated rings. The minimum Gasteiger partial charge on any atom is -0.351 e. The van der Waals surface area contributed by atoms with Crippen LogP contribution in [0.1, 0.15) is 0 Å². The van der Waals surface area contributed by atoms with Crippen molar-refractivity contribution < 1.29 is 0 Å². The first-order chi connectivity index (χ1) is 3.71. The molecule has 0 spiro atoms. The van der Waals surface area contributed by atoms with Crippen molar-refractivity contribution in [3.8, 4) is 0 Å². The summed E-state index contributed by atoms with van der Waals surface area (Å²) in [5.41, 5.74) is 1.12. The van der Waals surface area contributed by atoms with E-state index in [9.17, 15) is 0 Å². The van der Waals surface area contributed by atoms with E-state index in [1.165, 1.54) is 0 Å². The molecule has 4 heteroatoms. The molecule has 0 amide bonds. The Kier molecular flexibility index (Phi) is 2.63. The maximum absolute atomic E-state index is 5.92. The van der Waals surface area contributed by atoms with E-state index in [0.717, 1.165) is 5.67 Å². The Balaban J connectivity index is 3.75. The van der Waals surface area contributed by atoms with Crippen molar-refractivity contribution in [3.05, 3.63) is 0 Å². The molecule has 0 aliphatic rings. The van der Waals surface area contributed by atoms with Crippen molar-refractivity contribution in [1.82, 2.24) is 0 Å². The van der Waals surface area contributed by atoms with Crippen molar-refractivity contribution >= 4 is 16.5 Å². The van der Waals surface area contributed by atoms with Gasteiger partial charge in [0.05, 0.1) is 0 Å². The minimum atomic E-state index is -1.36. The third-order valence-electron chi connectivity index (χ3n) is 0.911. The normalized spacial score (nSPS) is 14.0. The van der Waals surface area contributed by atoms with E-state index in [0.29, 0.717) is 0 Å². The Morgan fingerprint density at radius 3 is 1.11 bits per heavy atom. The topological polar surface area (TPSA) is 52.0 Å². The summed E-state index contributed by atoms with van der Waals surface area (Å²) >= 11 is 0. The lowest BCUT2D eigenvalue weighted by molar-refractivity contribution is 1.42. The average molecular weight is 162 g/mol. The monoisotopic (exact) mass is 162 g/mol. The quantitative estimate of drug-likeness (QED) is 0.592. The van der Waals surface area contributed by atoms with E-state index in [-0.39, 0.29) is 0 Å². The predicted molar refractivity (Wildman–Crippen MR) is 48.1 cm³/mol. The molecule has 0 unspecified atom stereocenters. The van der Waals surface area contributed by atoms with Gasteiger partial charge in [0, 0.05) is 0 Å². The zero-order valence-electron chi connectivity index (χ0n) is 6.86. The summed E-state index contributed by atoms with van der Waals surface area (Å²) in [7, 11) is -2.71. The molecule has 0 saturated carbocycles. The van der Waals surface area contributed by atoms with Crippen LogP contribution in [0.4, 0.5) is 0 Å². The zero-order chi connectivity index (χ0) is 7.71. The third kappa shape index (κ3) is 8.35. The van der Waals surface area contributed by atoms with Gasteiger partial charge in [-0.2, -0.15) is 0 Å². The maximum Gasteiger partial charge on any atom is 0.115 e. The van der Waals surface area contributed by atoms with Gasteiger partial charge in [-0.25, -0.2) is 0 Å². The molecule has 0 bridgehead atoms. The van der Waals surface area contributed by atoms with E-state index in [4.69, 9.17) is 10.8 Å². The summed E-state index contributed by atoms with van der Waals surface area (Å²) < 4.78 is 0. The van der Waals surface area contributed by atoms with Gasteiger partial charge in [0.25, 0.3) is 0 Å². The van der Waals surface area contributed by atoms with Gasteiger partial charge in [-0.05, 0) is 5.67 Å². The summed E-state index contributed by atoms with van der Waals surface area (Å²) in [4.78, 5) is 0. The molecule has 0 aromatic carbocycles. The summed E-state index contributed by atoms with van der Waals surface area (Å²) in [6, 6.07) is 0. The van der Waals surface area contributed by atoms with Crippen LogP contribution in [0.25, 0.3) is 0 Å². The highest BCUT2D eigenvalue weighted by molar-refractivity contribution is 6.92. The molecule has 9 heavy (non-hydrogen) atoms. The molecule has 56 valence electrons. The number of rotatable bonds is 2. The van der Waals surface area contributed by atoms with Crippen molar-refractivity contribution in [2.24, 2.45) is 10.8 Å². The lowest BCUT2D eigenvalue weighted by Crippen LogP contribution is -2.51. The molecular formula is C5H18N2Si2. The molecule has 0 aliphatic carbocycles. The first kappa shape index (κ1) is 9.35. The van der Waals surface area contributed by atoms with Gasteiger partial charge in [0.1, 0.15) is 16.5 Å². The van der Waals surface area contributed by atoms with Gasteiger partial charge in [0.2, 0.25) is 0 Å². The molecule has 0 aliphatic heterocycles. The first-order valence-electron chi connectivity index (χ1n) is 3.28. The zero-order valence-corrected chi connectivity index (χ0v) is 8.86. The molecule has 0 saturated heterocycles. The van der Waals surface area contributed by atoms with Crippen LogP contribution >= 0.6 is 0 Å². The predicted octanol–water partition coefficient (Wildman–Crippen LogP) is 0.853. The van der Waals surface area contributed by atoms with Crippen LogP contribution in [0, 0.1) is 0 Å². The summed E-state index contributed by atoms with van der Waals surface area (Å²) in [6.45, 7) is 8.65. The van der Waals surface area contributed by atoms with E-state index in [2.05, 4.69) is 26.2 Å². The molecule has 2 nitrogen and oxygen atoms in total. The van der Waals surface area contributed by atoms with Crippen LogP contribution < -0.4 is 10.8 Å². The van der Waals surface area contributed by atoms with Gasteiger partial charge in [-0.3, -0.25) is 0 Å². The van der Waals surface area contributed by atoms with Crippen LogP contribution in [-0.4, -0.2) is 16.5 Å². The Morgan fingerprint density at radius 2 is 1.11 bits per heavy atom. The second-order valence-electron chi connectivity index (χ2n) is 4.15. The van der Waals surface area contributed by atoms with Crippen molar-refractivity contribution in [1.29, 1.82) is 0 Å². The number of hydrogen-bond acceptors (Lipinski definition) is 2. The second kappa shape index (κ2) is 2.53. The molecule has 0 aromatic rings. The van der Waals surface area contributed by atoms with Gasteiger partial charge < -0.3 is 10.8 Å². The lowest BCUT2D eigenvalue weighted by atomic mass is 11.8. The van der Waals surface area contributed by atoms with Crippen molar-refractivity contribution in [3.63, 3.8) is 0 Å². The van der Waals surface area contributed by atoms with Crippen molar-refractivity contribution in [2.75, 3.05) is 0 Å². The van der Waals surface area contributed by atoms with Crippen molar-refractivity contribution in [2.45, 2.75) is 31.9 Å². The SMILES string of the molecule is C[Si](C)(N)C[Si](C)(C)N. The van der Waals surface area contributed by atoms with Gasteiger partial charge in [0.15, 0.2) is 0 Å². The lowest BCUT2D eigenvalue weighted by Gasteiger charge is -2.24. The van der Waals surface area contributed by atoms with Crippen LogP contribution in [0.15, 0.2) is 0 Å². The smallest absolute Gasteiger partial charge is 0.115 e. The molecule has 0 heterocycles. The van der Waals surface area contributed by atoms with Crippen LogP contribution in [-0.2, 0) is 0 Å². The Hall–Kier alpha value is 0.354. The van der Waals surface area contributed by atoms with Gasteiger partial charge in [-0.1, -0.05) is 26.2 Å². The Labute approximate surface area is 59.8 Å². The summed E-state index contributed by atoms with van der Waals surface area (Å²) in [5.74, 6) is 0. The highest BCUT2D eigenvalue weighted by Gasteiger charge is 2.25. The fourth-order valence-corrected chi connectivity index (χ4v) is 10.6. The highest BCUT2D eigenvalue weighted by atomic mass is 28.4. The number of hydrogen-bond donors (Lipinski definition) is 2. The van der Waals surface area contributed by atoms with Crippen LogP contribution in [0.2, 0.25) is 31.9 Å². The highest BCUT2D eigenvalue weighted by Crippen LogP contribution is 2.09. The van der Waals surface area contributed by atoms with E-state index in [1.54, 1.807) is 0 Å². The van der Waals surface area contributed by atoms with Gasteiger partial charge in [-0.15, -0.1) is 0 Å². The summed E-state index contributed by atoms with van der Waals surface area (Å²) in [6.07, 6.45) is 0. The fourth-order valence-electron chi connectivity index (χ4n) is 1.17. The molecule has 0 aromatic heterocycles. The Morgan fingerprint density at radius 1 is 0.889 bits per heavy atom. The third-order valence-corrected chi connectivity index (χ3v) is 8.20. The average Bonchev–Trinajstić information content (AvgIpc) is 1.14. The van der Waals surface area contributed by atoms with Gasteiger partial charge >= 0.3 is 0 Å². The van der Waals surface area contributed by atoms with Crippen LogP contribution in [0.5, 0.6) is 0 Å². The molecular weight excluding hydrogens is 144 g/mol. The minimum absolute atomic E-state index is 1.12. The van der Waals surface area contributed by atoms with E-state index in [1.807, 2.05) is 0 Å². The second-order valence-corrected chi connectivity index (χ2v) is 13.5. The standard InChI is InChI=1S/C5H18N2Si2/c1-8(2,6)5-9(3,4)7/h5-7H2,1-4H3. The fraction of sp³-hybridized carbons (Fsp3) is 1.00. The maximum atomic E-state index is 5.92. The molecule has 0 rings (SSSR count). The Bertz CT molecular complexity index is 78.1. The molecule has 0 radical (unpaired) electrons. The van der Waals surface area contributed by atoms with Crippen LogP contribution in [0.3, 0.4) is 0 Å². The summed E-state index contributed by atoms with van der Waals surface area (Å²) in [5, 5.41) is 11.8. The first-order valence-corrected chi connectivity index (χ1v) is 9.85. The van der Waals surface area contributed by atoms with E-state index >= 15 is 0 Å². The number of nitrogens with two attached hydrogens (primary N) is 2. The van der Waals surface area contributed by atoms with E-state index < -0.39 is 16.5 Å².